The quantitative estimate of drug-likeness (QED) is 0.349. The van der Waals surface area contributed by atoms with E-state index in [-0.39, 0.29) is 28.9 Å². The molecule has 3 atom stereocenters. The molecule has 2 heterocycles. The molecule has 8 nitrogen and oxygen atoms in total. The molecule has 9 heteroatoms. The molecule has 1 saturated carbocycles. The summed E-state index contributed by atoms with van der Waals surface area (Å²) >= 11 is 6.18. The summed E-state index contributed by atoms with van der Waals surface area (Å²) in [4.78, 5) is 45.2. The molecule has 6 rings (SSSR count). The molecule has 47 heavy (non-hydrogen) atoms. The molecule has 2 aliphatic carbocycles. The number of cyclic esters (lactones) is 1. The number of carbonyl (C=O) groups is 3. The van der Waals surface area contributed by atoms with Crippen LogP contribution in [0.1, 0.15) is 88.8 Å². The molecule has 0 unspecified atom stereocenters. The van der Waals surface area contributed by atoms with Crippen LogP contribution in [0.2, 0.25) is 5.02 Å². The smallest absolute Gasteiger partial charge is 0.410 e. The Morgan fingerprint density at radius 2 is 1.68 bits per heavy atom. The summed E-state index contributed by atoms with van der Waals surface area (Å²) in [7, 11) is 0. The van der Waals surface area contributed by atoms with Gasteiger partial charge in [-0.05, 0) is 99.5 Å². The number of hydrogen-bond acceptors (Lipinski definition) is 5. The fourth-order valence-electron chi connectivity index (χ4n) is 8.82. The molecule has 3 amide bonds. The Bertz CT molecular complexity index is 1460. The largest absolute Gasteiger partial charge is 0.447 e. The van der Waals surface area contributed by atoms with Crippen LogP contribution in [0, 0.1) is 17.3 Å². The molecule has 2 saturated heterocycles. The summed E-state index contributed by atoms with van der Waals surface area (Å²) in [5, 5.41) is 3.81. The summed E-state index contributed by atoms with van der Waals surface area (Å²) in [6.07, 6.45) is 9.19. The number of likely N-dealkylation sites (tertiary alicyclic amines) is 1. The Kier molecular flexibility index (Phi) is 9.65. The van der Waals surface area contributed by atoms with Gasteiger partial charge in [0, 0.05) is 31.1 Å². The number of nitrogens with zero attached hydrogens (tertiary/aromatic N) is 2. The predicted octanol–water partition coefficient (Wildman–Crippen LogP) is 6.22. The molecule has 0 radical (unpaired) electrons. The van der Waals surface area contributed by atoms with Crippen LogP contribution in [0.25, 0.3) is 0 Å². The number of carbonyl (C=O) groups excluding carboxylic acids is 3. The number of hydrogen-bond donors (Lipinski definition) is 2. The highest BCUT2D eigenvalue weighted by molar-refractivity contribution is 6.30. The minimum absolute atomic E-state index is 0.0659. The predicted molar refractivity (Wildman–Crippen MR) is 184 cm³/mol. The zero-order valence-electron chi connectivity index (χ0n) is 28.2. The first-order chi connectivity index (χ1) is 22.4. The normalized spacial score (nSPS) is 26.3. The lowest BCUT2D eigenvalue weighted by Crippen LogP contribution is -2.59. The highest BCUT2D eigenvalue weighted by Gasteiger charge is 2.50. The van der Waals surface area contributed by atoms with Crippen LogP contribution in [-0.4, -0.2) is 65.5 Å². The van der Waals surface area contributed by atoms with Crippen LogP contribution in [-0.2, 0) is 32.7 Å². The second-order valence-corrected chi connectivity index (χ2v) is 15.8. The van der Waals surface area contributed by atoms with Gasteiger partial charge in [0.25, 0.3) is 0 Å². The van der Waals surface area contributed by atoms with E-state index in [1.54, 1.807) is 0 Å². The van der Waals surface area contributed by atoms with E-state index in [1.165, 1.54) is 24.8 Å². The topological polar surface area (TPSA) is 105 Å². The Morgan fingerprint density at radius 1 is 1.00 bits per heavy atom. The first-order valence-corrected chi connectivity index (χ1v) is 17.9. The summed E-state index contributed by atoms with van der Waals surface area (Å²) < 4.78 is 5.50. The summed E-state index contributed by atoms with van der Waals surface area (Å²) in [5.74, 6) is -0.193. The van der Waals surface area contributed by atoms with Gasteiger partial charge < -0.3 is 20.7 Å². The number of benzene rings is 2. The van der Waals surface area contributed by atoms with Gasteiger partial charge >= 0.3 is 6.09 Å². The minimum atomic E-state index is -0.845. The molecule has 3 N–H and O–H groups in total. The molecular weight excluding hydrogens is 612 g/mol. The number of nitrogens with two attached hydrogens (primary N) is 1. The maximum Gasteiger partial charge on any atom is 0.410 e. The summed E-state index contributed by atoms with van der Waals surface area (Å²) in [6.45, 7) is 8.33. The lowest BCUT2D eigenvalue weighted by Gasteiger charge is -2.51. The van der Waals surface area contributed by atoms with E-state index >= 15 is 0 Å². The lowest BCUT2D eigenvalue weighted by molar-refractivity contribution is -0.141. The molecule has 2 aromatic carbocycles. The molecule has 3 fully saturated rings. The maximum atomic E-state index is 14.4. The standard InChI is InChI=1S/C38H51ClN4O4/c1-36(2)25-47-35(46)43(36)24-38(28-10-5-4-6-11-28)19-21-42(22-20-38)34(45)32(23-26-13-16-29(39)17-14-26)41-33(44)31-18-15-27-9-7-8-12-30(27)37(31,3)40/h7-9,12-14,16-17,28,31-32H,4-6,10-11,15,18-25,40H2,1-3H3,(H,41,44)/t31-,32-,37-/m1/s1. The Morgan fingerprint density at radius 3 is 2.34 bits per heavy atom. The van der Waals surface area contributed by atoms with E-state index in [0.717, 1.165) is 43.2 Å². The van der Waals surface area contributed by atoms with Crippen LogP contribution >= 0.6 is 11.6 Å². The molecule has 2 aromatic rings. The van der Waals surface area contributed by atoms with Crippen molar-refractivity contribution in [3.8, 4) is 0 Å². The third kappa shape index (κ3) is 6.91. The van der Waals surface area contributed by atoms with Crippen molar-refractivity contribution in [3.05, 3.63) is 70.2 Å². The number of piperidine rings is 1. The van der Waals surface area contributed by atoms with Crippen molar-refractivity contribution < 1.29 is 19.1 Å². The fourth-order valence-corrected chi connectivity index (χ4v) is 8.95. The van der Waals surface area contributed by atoms with Crippen LogP contribution in [0.15, 0.2) is 48.5 Å². The van der Waals surface area contributed by atoms with Crippen molar-refractivity contribution in [1.82, 2.24) is 15.1 Å². The van der Waals surface area contributed by atoms with Crippen LogP contribution in [0.3, 0.4) is 0 Å². The van der Waals surface area contributed by atoms with Crippen LogP contribution < -0.4 is 11.1 Å². The van der Waals surface area contributed by atoms with Crippen molar-refractivity contribution in [2.45, 2.75) is 102 Å². The third-order valence-corrected chi connectivity index (χ3v) is 12.1. The van der Waals surface area contributed by atoms with Gasteiger partial charge in [0.05, 0.1) is 17.0 Å². The maximum absolute atomic E-state index is 14.4. The Balaban J connectivity index is 1.21. The van der Waals surface area contributed by atoms with Crippen LogP contribution in [0.4, 0.5) is 4.79 Å². The Labute approximate surface area is 284 Å². The SMILES string of the molecule is CC1(C)COC(=O)N1CC1(C2CCCCC2)CCN(C(=O)[C@@H](Cc2ccc(Cl)cc2)NC(=O)[C@H]2CCc3ccccc3[C@@]2(C)N)CC1. The van der Waals surface area contributed by atoms with Gasteiger partial charge in [-0.25, -0.2) is 4.79 Å². The number of rotatable bonds is 8. The van der Waals surface area contributed by atoms with Crippen molar-refractivity contribution in [1.29, 1.82) is 0 Å². The first-order valence-electron chi connectivity index (χ1n) is 17.5. The van der Waals surface area contributed by atoms with Gasteiger partial charge in [-0.15, -0.1) is 0 Å². The average molecular weight is 663 g/mol. The van der Waals surface area contributed by atoms with Gasteiger partial charge in [0.2, 0.25) is 11.8 Å². The molecule has 4 aliphatic rings. The summed E-state index contributed by atoms with van der Waals surface area (Å²) in [6, 6.07) is 14.8. The van der Waals surface area contributed by atoms with E-state index in [0.29, 0.717) is 50.0 Å². The number of nitrogens with one attached hydrogen (secondary N) is 1. The minimum Gasteiger partial charge on any atom is -0.447 e. The van der Waals surface area contributed by atoms with E-state index in [9.17, 15) is 14.4 Å². The first kappa shape index (κ1) is 33.8. The number of aryl methyl sites for hydroxylation is 1. The van der Waals surface area contributed by atoms with Gasteiger partial charge in [-0.2, -0.15) is 0 Å². The molecule has 0 spiro atoms. The van der Waals surface area contributed by atoms with Gasteiger partial charge in [0.1, 0.15) is 12.6 Å². The lowest BCUT2D eigenvalue weighted by atomic mass is 9.63. The second-order valence-electron chi connectivity index (χ2n) is 15.4. The van der Waals surface area contributed by atoms with Crippen molar-refractivity contribution in [3.63, 3.8) is 0 Å². The number of fused-ring (bicyclic) bond motifs is 1. The van der Waals surface area contributed by atoms with Crippen molar-refractivity contribution in [2.75, 3.05) is 26.2 Å². The molecule has 0 bridgehead atoms. The number of ether oxygens (including phenoxy) is 1. The van der Waals surface area contributed by atoms with Gasteiger partial charge in [0.15, 0.2) is 0 Å². The highest BCUT2D eigenvalue weighted by atomic mass is 35.5. The molecule has 0 aromatic heterocycles. The number of halogens is 1. The molecule has 2 aliphatic heterocycles. The second kappa shape index (κ2) is 13.4. The third-order valence-electron chi connectivity index (χ3n) is 11.8. The number of amides is 3. The zero-order chi connectivity index (χ0) is 33.4. The monoisotopic (exact) mass is 662 g/mol. The van der Waals surface area contributed by atoms with E-state index in [4.69, 9.17) is 22.1 Å². The molecular formula is C38H51ClN4O4. The van der Waals surface area contributed by atoms with Crippen LogP contribution in [0.5, 0.6) is 0 Å². The fraction of sp³-hybridized carbons (Fsp3) is 0.605. The average Bonchev–Trinajstić information content (AvgIpc) is 3.32. The van der Waals surface area contributed by atoms with E-state index in [1.807, 2.05) is 59.2 Å². The Hall–Kier alpha value is -3.10. The van der Waals surface area contributed by atoms with Gasteiger partial charge in [-0.3, -0.25) is 14.5 Å². The molecule has 254 valence electrons. The zero-order valence-corrected chi connectivity index (χ0v) is 29.0. The van der Waals surface area contributed by atoms with Crippen molar-refractivity contribution >= 4 is 29.5 Å². The van der Waals surface area contributed by atoms with E-state index in [2.05, 4.69) is 25.2 Å². The van der Waals surface area contributed by atoms with E-state index < -0.39 is 17.5 Å². The van der Waals surface area contributed by atoms with Gasteiger partial charge in [-0.1, -0.05) is 67.3 Å². The highest BCUT2D eigenvalue weighted by Crippen LogP contribution is 2.48. The van der Waals surface area contributed by atoms with Crippen molar-refractivity contribution in [2.24, 2.45) is 23.0 Å². The summed E-state index contributed by atoms with van der Waals surface area (Å²) in [5.41, 5.74) is 8.73.